The van der Waals surface area contributed by atoms with E-state index in [0.717, 1.165) is 0 Å². The van der Waals surface area contributed by atoms with Crippen molar-refractivity contribution >= 4 is 11.9 Å². The van der Waals surface area contributed by atoms with E-state index >= 15 is 0 Å². The lowest BCUT2D eigenvalue weighted by Gasteiger charge is -2.29. The summed E-state index contributed by atoms with van der Waals surface area (Å²) in [5, 5.41) is 18.3. The summed E-state index contributed by atoms with van der Waals surface area (Å²) >= 11 is 0. The van der Waals surface area contributed by atoms with Crippen LogP contribution < -0.4 is 0 Å². The Kier molecular flexibility index (Phi) is 9.75. The van der Waals surface area contributed by atoms with Crippen LogP contribution in [0.4, 0.5) is 0 Å². The molecule has 0 saturated carbocycles. The molecule has 0 aromatic heterocycles. The van der Waals surface area contributed by atoms with E-state index in [9.17, 15) is 14.7 Å². The predicted octanol–water partition coefficient (Wildman–Crippen LogP) is 2.80. The van der Waals surface area contributed by atoms with E-state index < -0.39 is 17.4 Å². The first kappa shape index (κ1) is 19.0. The van der Waals surface area contributed by atoms with Gasteiger partial charge in [0.25, 0.3) is 0 Å². The lowest BCUT2D eigenvalue weighted by atomic mass is 9.75. The normalized spacial score (nSPS) is 10.7. The third-order valence-electron chi connectivity index (χ3n) is 3.34. The van der Waals surface area contributed by atoms with E-state index in [0.29, 0.717) is 38.9 Å². The van der Waals surface area contributed by atoms with E-state index in [1.165, 1.54) is 12.5 Å². The third kappa shape index (κ3) is 8.02. The summed E-state index contributed by atoms with van der Waals surface area (Å²) in [5.41, 5.74) is -1.06. The molecule has 0 aliphatic rings. The molecule has 0 rings (SSSR count). The molecule has 0 bridgehead atoms. The number of hydrogen-bond acceptors (Lipinski definition) is 4. The fraction of sp³-hybridized carbons (Fsp3) is 0.600. The van der Waals surface area contributed by atoms with Crippen molar-refractivity contribution in [1.82, 2.24) is 0 Å². The Morgan fingerprint density at radius 2 is 1.43 bits per heavy atom. The van der Waals surface area contributed by atoms with Crippen LogP contribution in [0.5, 0.6) is 0 Å². The second-order valence-corrected chi connectivity index (χ2v) is 4.76. The van der Waals surface area contributed by atoms with Crippen LogP contribution in [0.1, 0.15) is 38.5 Å². The topological polar surface area (TPSA) is 93.1 Å². The standard InChI is InChI=1S/C15H24O6/c1-3-20-11-5-8-15(14(18)19,10-7-13(16)17)9-6-12-21-4-2/h3-4H,1-2,5-12H2,(H,16,17)(H,18,19). The van der Waals surface area contributed by atoms with Gasteiger partial charge in [-0.1, -0.05) is 13.2 Å². The number of hydrogen-bond donors (Lipinski definition) is 2. The molecule has 120 valence electrons. The van der Waals surface area contributed by atoms with Crippen LogP contribution in [0.25, 0.3) is 0 Å². The van der Waals surface area contributed by atoms with Crippen molar-refractivity contribution in [3.8, 4) is 0 Å². The molecule has 0 fully saturated rings. The summed E-state index contributed by atoms with van der Waals surface area (Å²) in [6.07, 6.45) is 4.31. The second-order valence-electron chi connectivity index (χ2n) is 4.76. The Hall–Kier alpha value is -1.98. The average Bonchev–Trinajstić information content (AvgIpc) is 2.44. The van der Waals surface area contributed by atoms with Gasteiger partial charge in [0, 0.05) is 6.42 Å². The number of rotatable bonds is 14. The lowest BCUT2D eigenvalue weighted by molar-refractivity contribution is -0.151. The van der Waals surface area contributed by atoms with Crippen LogP contribution in [-0.4, -0.2) is 35.4 Å². The summed E-state index contributed by atoms with van der Waals surface area (Å²) in [6, 6.07) is 0. The first-order valence-electron chi connectivity index (χ1n) is 6.88. The summed E-state index contributed by atoms with van der Waals surface area (Å²) in [7, 11) is 0. The Morgan fingerprint density at radius 1 is 0.952 bits per heavy atom. The van der Waals surface area contributed by atoms with Crippen LogP contribution >= 0.6 is 0 Å². The second kappa shape index (κ2) is 10.8. The van der Waals surface area contributed by atoms with E-state index in [1.54, 1.807) is 0 Å². The fourth-order valence-electron chi connectivity index (χ4n) is 2.20. The Balaban J connectivity index is 4.68. The van der Waals surface area contributed by atoms with Gasteiger partial charge in [-0.25, -0.2) is 0 Å². The molecule has 0 radical (unpaired) electrons. The van der Waals surface area contributed by atoms with Gasteiger partial charge >= 0.3 is 11.9 Å². The quantitative estimate of drug-likeness (QED) is 0.378. The number of carboxylic acid groups (broad SMARTS) is 2. The molecule has 0 amide bonds. The number of aliphatic carboxylic acids is 2. The molecule has 21 heavy (non-hydrogen) atoms. The Morgan fingerprint density at radius 3 is 1.76 bits per heavy atom. The van der Waals surface area contributed by atoms with E-state index in [2.05, 4.69) is 13.2 Å². The minimum atomic E-state index is -1.06. The van der Waals surface area contributed by atoms with Gasteiger partial charge in [0.15, 0.2) is 0 Å². The van der Waals surface area contributed by atoms with E-state index in [1.807, 2.05) is 0 Å². The molecule has 6 nitrogen and oxygen atoms in total. The summed E-state index contributed by atoms with van der Waals surface area (Å²) in [4.78, 5) is 22.4. The Labute approximate surface area is 125 Å². The maximum atomic E-state index is 11.6. The maximum Gasteiger partial charge on any atom is 0.309 e. The molecule has 0 saturated heterocycles. The molecule has 2 N–H and O–H groups in total. The molecular weight excluding hydrogens is 276 g/mol. The first-order valence-corrected chi connectivity index (χ1v) is 6.88. The van der Waals surface area contributed by atoms with Crippen molar-refractivity contribution in [2.45, 2.75) is 38.5 Å². The highest BCUT2D eigenvalue weighted by Crippen LogP contribution is 2.35. The van der Waals surface area contributed by atoms with Gasteiger partial charge in [0.05, 0.1) is 31.2 Å². The highest BCUT2D eigenvalue weighted by molar-refractivity contribution is 5.76. The molecule has 0 aromatic rings. The van der Waals surface area contributed by atoms with Gasteiger partial charge in [0.2, 0.25) is 0 Å². The molecule has 0 aliphatic heterocycles. The van der Waals surface area contributed by atoms with Gasteiger partial charge in [-0.05, 0) is 32.1 Å². The van der Waals surface area contributed by atoms with Gasteiger partial charge in [-0.2, -0.15) is 0 Å². The highest BCUT2D eigenvalue weighted by Gasteiger charge is 2.37. The first-order chi connectivity index (χ1) is 9.98. The zero-order valence-corrected chi connectivity index (χ0v) is 12.3. The van der Waals surface area contributed by atoms with Crippen molar-refractivity contribution in [3.05, 3.63) is 25.7 Å². The zero-order chi connectivity index (χ0) is 16.1. The molecular formula is C15H24O6. The highest BCUT2D eigenvalue weighted by atomic mass is 16.5. The zero-order valence-electron chi connectivity index (χ0n) is 12.3. The van der Waals surface area contributed by atoms with Crippen molar-refractivity contribution in [2.75, 3.05) is 13.2 Å². The van der Waals surface area contributed by atoms with Crippen LogP contribution in [-0.2, 0) is 19.1 Å². The minimum absolute atomic E-state index is 0.0971. The van der Waals surface area contributed by atoms with E-state index in [-0.39, 0.29) is 12.8 Å². The van der Waals surface area contributed by atoms with Crippen LogP contribution in [0.3, 0.4) is 0 Å². The van der Waals surface area contributed by atoms with Crippen LogP contribution in [0, 0.1) is 5.41 Å². The van der Waals surface area contributed by atoms with E-state index in [4.69, 9.17) is 14.6 Å². The van der Waals surface area contributed by atoms with Gasteiger partial charge < -0.3 is 19.7 Å². The minimum Gasteiger partial charge on any atom is -0.502 e. The van der Waals surface area contributed by atoms with Crippen molar-refractivity contribution in [2.24, 2.45) is 5.41 Å². The number of carboxylic acids is 2. The van der Waals surface area contributed by atoms with Crippen molar-refractivity contribution < 1.29 is 29.3 Å². The summed E-state index contributed by atoms with van der Waals surface area (Å²) in [6.45, 7) is 7.57. The Bertz CT molecular complexity index is 334. The summed E-state index contributed by atoms with van der Waals surface area (Å²) in [5.74, 6) is -1.97. The fourth-order valence-corrected chi connectivity index (χ4v) is 2.20. The molecule has 6 heteroatoms. The number of carbonyl (C=O) groups is 2. The third-order valence-corrected chi connectivity index (χ3v) is 3.34. The van der Waals surface area contributed by atoms with Gasteiger partial charge in [-0.3, -0.25) is 9.59 Å². The van der Waals surface area contributed by atoms with Crippen LogP contribution in [0.15, 0.2) is 25.7 Å². The largest absolute Gasteiger partial charge is 0.502 e. The predicted molar refractivity (Wildman–Crippen MR) is 77.7 cm³/mol. The molecule has 0 aromatic carbocycles. The monoisotopic (exact) mass is 300 g/mol. The molecule has 0 spiro atoms. The molecule has 0 unspecified atom stereocenters. The smallest absolute Gasteiger partial charge is 0.309 e. The van der Waals surface area contributed by atoms with Crippen molar-refractivity contribution in [3.63, 3.8) is 0 Å². The molecule has 0 aliphatic carbocycles. The maximum absolute atomic E-state index is 11.6. The molecule has 0 atom stereocenters. The van der Waals surface area contributed by atoms with Crippen molar-refractivity contribution in [1.29, 1.82) is 0 Å². The summed E-state index contributed by atoms with van der Waals surface area (Å²) < 4.78 is 9.99. The van der Waals surface area contributed by atoms with Gasteiger partial charge in [-0.15, -0.1) is 0 Å². The number of ether oxygens (including phenoxy) is 2. The van der Waals surface area contributed by atoms with Crippen LogP contribution in [0.2, 0.25) is 0 Å². The molecule has 0 heterocycles. The van der Waals surface area contributed by atoms with Gasteiger partial charge in [0.1, 0.15) is 0 Å². The average molecular weight is 300 g/mol. The SMILES string of the molecule is C=COCCCC(CCCOC=C)(CCC(=O)O)C(=O)O. The lowest BCUT2D eigenvalue weighted by Crippen LogP contribution is -2.32.